The van der Waals surface area contributed by atoms with Gasteiger partial charge in [-0.25, -0.2) is 0 Å². The van der Waals surface area contributed by atoms with Crippen LogP contribution >= 0.6 is 0 Å². The molecule has 1 fully saturated rings. The molecule has 0 spiro atoms. The average molecular weight is 259 g/mol. The van der Waals surface area contributed by atoms with Gasteiger partial charge in [0.25, 0.3) is 5.91 Å². The van der Waals surface area contributed by atoms with E-state index in [9.17, 15) is 4.79 Å². The van der Waals surface area contributed by atoms with Gasteiger partial charge in [-0.05, 0) is 24.5 Å². The summed E-state index contributed by atoms with van der Waals surface area (Å²) < 4.78 is 5.80. The van der Waals surface area contributed by atoms with Gasteiger partial charge in [0.05, 0.1) is 18.3 Å². The van der Waals surface area contributed by atoms with Gasteiger partial charge < -0.3 is 9.32 Å². The summed E-state index contributed by atoms with van der Waals surface area (Å²) in [5.41, 5.74) is 0.560. The quantitative estimate of drug-likeness (QED) is 0.917. The molecule has 0 bridgehead atoms. The molecule has 5 nitrogen and oxygen atoms in total. The van der Waals surface area contributed by atoms with Crippen molar-refractivity contribution in [3.05, 3.63) is 41.6 Å². The van der Waals surface area contributed by atoms with E-state index in [1.165, 1.54) is 12.6 Å². The number of carbonyl (C=O) groups excluding carboxylic acids is 1. The van der Waals surface area contributed by atoms with Gasteiger partial charge in [-0.3, -0.25) is 9.89 Å². The molecule has 2 aromatic heterocycles. The zero-order valence-corrected chi connectivity index (χ0v) is 11.1. The molecule has 5 heteroatoms. The largest absolute Gasteiger partial charge is 0.464 e. The van der Waals surface area contributed by atoms with Crippen LogP contribution in [0.3, 0.4) is 0 Å². The molecule has 1 amide bonds. The highest BCUT2D eigenvalue weighted by Crippen LogP contribution is 2.47. The number of nitrogens with one attached hydrogen (secondary N) is 1. The third-order valence-electron chi connectivity index (χ3n) is 3.64. The Labute approximate surface area is 111 Å². The fourth-order valence-electron chi connectivity index (χ4n) is 2.29. The summed E-state index contributed by atoms with van der Waals surface area (Å²) in [5, 5.41) is 6.42. The molecule has 3 rings (SSSR count). The Bertz CT molecular complexity index is 573. The van der Waals surface area contributed by atoms with Crippen molar-refractivity contribution in [1.82, 2.24) is 15.1 Å². The summed E-state index contributed by atoms with van der Waals surface area (Å²) in [6.45, 7) is 2.70. The third-order valence-corrected chi connectivity index (χ3v) is 3.64. The second-order valence-electron chi connectivity index (χ2n) is 5.27. The number of furan rings is 1. The number of amides is 1. The van der Waals surface area contributed by atoms with Crippen molar-refractivity contribution in [3.63, 3.8) is 0 Å². The number of rotatable bonds is 4. The van der Waals surface area contributed by atoms with Crippen LogP contribution in [0, 0.1) is 5.92 Å². The van der Waals surface area contributed by atoms with E-state index in [0.717, 1.165) is 17.4 Å². The molecule has 0 aliphatic heterocycles. The summed E-state index contributed by atoms with van der Waals surface area (Å²) in [6.07, 6.45) is 4.33. The first-order valence-electron chi connectivity index (χ1n) is 6.48. The Hall–Kier alpha value is -2.04. The van der Waals surface area contributed by atoms with Gasteiger partial charge in [-0.2, -0.15) is 5.10 Å². The van der Waals surface area contributed by atoms with Crippen molar-refractivity contribution in [2.24, 2.45) is 5.92 Å². The van der Waals surface area contributed by atoms with Gasteiger partial charge >= 0.3 is 0 Å². The van der Waals surface area contributed by atoms with E-state index in [2.05, 4.69) is 17.1 Å². The van der Waals surface area contributed by atoms with E-state index >= 15 is 0 Å². The third kappa shape index (κ3) is 2.41. The van der Waals surface area contributed by atoms with Crippen molar-refractivity contribution < 1.29 is 9.21 Å². The second-order valence-corrected chi connectivity index (χ2v) is 5.27. The SMILES string of the molecule is CC1CC1c1ccc(CN(C)C(=O)c2cn[nH]c2)o1. The fraction of sp³-hybridized carbons (Fsp3) is 0.429. The van der Waals surface area contributed by atoms with E-state index < -0.39 is 0 Å². The van der Waals surface area contributed by atoms with E-state index in [0.29, 0.717) is 18.0 Å². The van der Waals surface area contributed by atoms with Crippen LogP contribution < -0.4 is 0 Å². The Morgan fingerprint density at radius 2 is 2.37 bits per heavy atom. The van der Waals surface area contributed by atoms with Crippen LogP contribution in [0.2, 0.25) is 0 Å². The molecular formula is C14H17N3O2. The maximum Gasteiger partial charge on any atom is 0.257 e. The molecule has 1 saturated carbocycles. The van der Waals surface area contributed by atoms with Crippen molar-refractivity contribution >= 4 is 5.91 Å². The topological polar surface area (TPSA) is 62.1 Å². The predicted octanol–water partition coefficient (Wildman–Crippen LogP) is 2.40. The monoisotopic (exact) mass is 259 g/mol. The summed E-state index contributed by atoms with van der Waals surface area (Å²) in [5.74, 6) is 3.11. The maximum absolute atomic E-state index is 12.0. The smallest absolute Gasteiger partial charge is 0.257 e. The number of nitrogens with zero attached hydrogens (tertiary/aromatic N) is 2. The number of hydrogen-bond acceptors (Lipinski definition) is 3. The Morgan fingerprint density at radius 3 is 3.00 bits per heavy atom. The lowest BCUT2D eigenvalue weighted by Gasteiger charge is -2.14. The molecule has 19 heavy (non-hydrogen) atoms. The van der Waals surface area contributed by atoms with Gasteiger partial charge in [-0.1, -0.05) is 6.92 Å². The van der Waals surface area contributed by atoms with Crippen LogP contribution in [0.5, 0.6) is 0 Å². The number of carbonyl (C=O) groups is 1. The minimum atomic E-state index is -0.0634. The van der Waals surface area contributed by atoms with Crippen molar-refractivity contribution in [2.45, 2.75) is 25.8 Å². The summed E-state index contributed by atoms with van der Waals surface area (Å²) in [4.78, 5) is 13.7. The molecule has 1 aliphatic carbocycles. The highest BCUT2D eigenvalue weighted by atomic mass is 16.3. The molecule has 100 valence electrons. The van der Waals surface area contributed by atoms with Gasteiger partial charge in [0.15, 0.2) is 0 Å². The highest BCUT2D eigenvalue weighted by Gasteiger charge is 2.36. The molecule has 2 unspecified atom stereocenters. The molecule has 2 heterocycles. The van der Waals surface area contributed by atoms with Crippen molar-refractivity contribution in [3.8, 4) is 0 Å². The fourth-order valence-corrected chi connectivity index (χ4v) is 2.29. The minimum Gasteiger partial charge on any atom is -0.464 e. The molecule has 2 atom stereocenters. The second kappa shape index (κ2) is 4.57. The first-order chi connectivity index (χ1) is 9.15. The first kappa shape index (κ1) is 12.0. The van der Waals surface area contributed by atoms with Crippen molar-refractivity contribution in [2.75, 3.05) is 7.05 Å². The van der Waals surface area contributed by atoms with Crippen molar-refractivity contribution in [1.29, 1.82) is 0 Å². The Morgan fingerprint density at radius 1 is 1.58 bits per heavy atom. The normalized spacial score (nSPS) is 21.4. The molecule has 0 radical (unpaired) electrons. The van der Waals surface area contributed by atoms with Crippen LogP contribution in [0.25, 0.3) is 0 Å². The van der Waals surface area contributed by atoms with Crippen LogP contribution in [0.1, 0.15) is 41.1 Å². The van der Waals surface area contributed by atoms with Crippen LogP contribution in [0.15, 0.2) is 28.9 Å². The van der Waals surface area contributed by atoms with Crippen LogP contribution in [-0.2, 0) is 6.54 Å². The Kier molecular flexibility index (Phi) is 2.89. The van der Waals surface area contributed by atoms with Gasteiger partial charge in [0.1, 0.15) is 11.5 Å². The lowest BCUT2D eigenvalue weighted by atomic mass is 10.3. The van der Waals surface area contributed by atoms with Gasteiger partial charge in [0, 0.05) is 19.2 Å². The lowest BCUT2D eigenvalue weighted by Crippen LogP contribution is -2.25. The van der Waals surface area contributed by atoms with Gasteiger partial charge in [0.2, 0.25) is 0 Å². The van der Waals surface area contributed by atoms with Gasteiger partial charge in [-0.15, -0.1) is 0 Å². The minimum absolute atomic E-state index is 0.0634. The summed E-state index contributed by atoms with van der Waals surface area (Å²) in [6, 6.07) is 3.99. The molecular weight excluding hydrogens is 242 g/mol. The van der Waals surface area contributed by atoms with E-state index in [1.54, 1.807) is 18.1 Å². The van der Waals surface area contributed by atoms with E-state index in [4.69, 9.17) is 4.42 Å². The first-order valence-corrected chi connectivity index (χ1v) is 6.48. The molecule has 0 saturated heterocycles. The highest BCUT2D eigenvalue weighted by molar-refractivity contribution is 5.93. The summed E-state index contributed by atoms with van der Waals surface area (Å²) in [7, 11) is 1.76. The zero-order valence-electron chi connectivity index (χ0n) is 11.1. The standard InChI is InChI=1S/C14H17N3O2/c1-9-5-12(9)13-4-3-11(19-13)8-17(2)14(18)10-6-15-16-7-10/h3-4,6-7,9,12H,5,8H2,1-2H3,(H,15,16). The summed E-state index contributed by atoms with van der Waals surface area (Å²) >= 11 is 0. The zero-order chi connectivity index (χ0) is 13.4. The number of aromatic amines is 1. The van der Waals surface area contributed by atoms with Crippen LogP contribution in [-0.4, -0.2) is 28.1 Å². The Balaban J connectivity index is 1.64. The predicted molar refractivity (Wildman–Crippen MR) is 69.6 cm³/mol. The average Bonchev–Trinajstić information content (AvgIpc) is 2.88. The molecule has 0 aromatic carbocycles. The maximum atomic E-state index is 12.0. The van der Waals surface area contributed by atoms with E-state index in [-0.39, 0.29) is 5.91 Å². The molecule has 1 aliphatic rings. The number of H-pyrrole nitrogens is 1. The number of aromatic nitrogens is 2. The van der Waals surface area contributed by atoms with E-state index in [1.807, 2.05) is 12.1 Å². The van der Waals surface area contributed by atoms with Crippen LogP contribution in [0.4, 0.5) is 0 Å². The molecule has 2 aromatic rings. The lowest BCUT2D eigenvalue weighted by molar-refractivity contribution is 0.0775. The number of hydrogen-bond donors (Lipinski definition) is 1. The molecule has 1 N–H and O–H groups in total.